The Labute approximate surface area is 211 Å². The summed E-state index contributed by atoms with van der Waals surface area (Å²) in [6.07, 6.45) is 3.42. The molecule has 0 atom stereocenters. The number of hydrogen-bond donors (Lipinski definition) is 2. The minimum atomic E-state index is 0. The van der Waals surface area contributed by atoms with Crippen LogP contribution in [0.3, 0.4) is 0 Å². The van der Waals surface area contributed by atoms with Crippen LogP contribution >= 0.6 is 24.0 Å². The van der Waals surface area contributed by atoms with Crippen molar-refractivity contribution in [3.05, 3.63) is 30.1 Å². The number of rotatable bonds is 11. The van der Waals surface area contributed by atoms with E-state index in [9.17, 15) is 0 Å². The molecule has 32 heavy (non-hydrogen) atoms. The van der Waals surface area contributed by atoms with Crippen LogP contribution in [0.1, 0.15) is 38.9 Å². The van der Waals surface area contributed by atoms with E-state index in [2.05, 4.69) is 69.0 Å². The fourth-order valence-corrected chi connectivity index (χ4v) is 4.24. The van der Waals surface area contributed by atoms with Gasteiger partial charge in [-0.2, -0.15) is 0 Å². The minimum absolute atomic E-state index is 0. The summed E-state index contributed by atoms with van der Waals surface area (Å²) in [5.41, 5.74) is 2.29. The number of guanidine groups is 1. The summed E-state index contributed by atoms with van der Waals surface area (Å²) >= 11 is 0. The molecule has 1 fully saturated rings. The minimum Gasteiger partial charge on any atom is -0.357 e. The number of fused-ring (bicyclic) bond motifs is 1. The van der Waals surface area contributed by atoms with Gasteiger partial charge in [-0.05, 0) is 58.3 Å². The standard InChI is InChI=1S/C24H41N7.HI/c1-4-25-24(26-13-8-9-15-30-19-17-29(5-2)18-20-30)27-14-10-16-31-21(3)28-22-11-6-7-12-23(22)31;/h6-7,11-12H,4-5,8-10,13-20H2,1-3H3,(H2,25,26,27);1H. The summed E-state index contributed by atoms with van der Waals surface area (Å²) in [6, 6.07) is 8.35. The van der Waals surface area contributed by atoms with Crippen LogP contribution < -0.4 is 10.6 Å². The third kappa shape index (κ3) is 8.19. The fraction of sp³-hybridized carbons (Fsp3) is 0.667. The third-order valence-corrected chi connectivity index (χ3v) is 6.11. The number of hydrogen-bond acceptors (Lipinski definition) is 4. The average Bonchev–Trinajstić information content (AvgIpc) is 3.11. The number of piperazine rings is 1. The third-order valence-electron chi connectivity index (χ3n) is 6.11. The maximum Gasteiger partial charge on any atom is 0.191 e. The number of imidazole rings is 1. The molecule has 1 aliphatic heterocycles. The molecule has 1 saturated heterocycles. The van der Waals surface area contributed by atoms with Crippen LogP contribution in [-0.4, -0.2) is 84.2 Å². The molecule has 7 nitrogen and oxygen atoms in total. The molecule has 0 radical (unpaired) electrons. The van der Waals surface area contributed by atoms with Gasteiger partial charge in [0.1, 0.15) is 5.82 Å². The van der Waals surface area contributed by atoms with Gasteiger partial charge in [0, 0.05) is 52.4 Å². The molecule has 0 aliphatic carbocycles. The Morgan fingerprint density at radius 2 is 1.72 bits per heavy atom. The largest absolute Gasteiger partial charge is 0.357 e. The number of unbranched alkanes of at least 4 members (excludes halogenated alkanes) is 1. The van der Waals surface area contributed by atoms with Gasteiger partial charge in [-0.15, -0.1) is 24.0 Å². The van der Waals surface area contributed by atoms with E-state index in [-0.39, 0.29) is 24.0 Å². The van der Waals surface area contributed by atoms with E-state index in [0.717, 1.165) is 49.9 Å². The topological polar surface area (TPSA) is 60.7 Å². The molecule has 0 amide bonds. The Hall–Kier alpha value is -1.39. The predicted molar refractivity (Wildman–Crippen MR) is 146 cm³/mol. The van der Waals surface area contributed by atoms with Crippen LogP contribution in [0.25, 0.3) is 11.0 Å². The van der Waals surface area contributed by atoms with E-state index in [1.165, 1.54) is 57.6 Å². The highest BCUT2D eigenvalue weighted by molar-refractivity contribution is 14.0. The van der Waals surface area contributed by atoms with E-state index >= 15 is 0 Å². The first kappa shape index (κ1) is 26.9. The molecule has 1 aliphatic rings. The lowest BCUT2D eigenvalue weighted by molar-refractivity contribution is 0.136. The first-order chi connectivity index (χ1) is 15.2. The van der Waals surface area contributed by atoms with E-state index in [1.807, 2.05) is 6.07 Å². The van der Waals surface area contributed by atoms with E-state index in [4.69, 9.17) is 4.99 Å². The van der Waals surface area contributed by atoms with Crippen LogP contribution in [0.5, 0.6) is 0 Å². The number of benzene rings is 1. The lowest BCUT2D eigenvalue weighted by Crippen LogP contribution is -2.46. The van der Waals surface area contributed by atoms with Gasteiger partial charge in [0.2, 0.25) is 0 Å². The molecular weight excluding hydrogens is 513 g/mol. The predicted octanol–water partition coefficient (Wildman–Crippen LogP) is 3.33. The molecular formula is C24H42IN7. The summed E-state index contributed by atoms with van der Waals surface area (Å²) in [7, 11) is 0. The number of nitrogens with one attached hydrogen (secondary N) is 2. The molecule has 2 heterocycles. The second-order valence-electron chi connectivity index (χ2n) is 8.32. The summed E-state index contributed by atoms with van der Waals surface area (Å²) in [5.74, 6) is 2.01. The van der Waals surface area contributed by atoms with E-state index in [1.54, 1.807) is 0 Å². The lowest BCUT2D eigenvalue weighted by Gasteiger charge is -2.34. The monoisotopic (exact) mass is 555 g/mol. The zero-order valence-corrected chi connectivity index (χ0v) is 22.5. The van der Waals surface area contributed by atoms with Gasteiger partial charge in [-0.3, -0.25) is 4.99 Å². The molecule has 2 aromatic rings. The van der Waals surface area contributed by atoms with Crippen molar-refractivity contribution in [1.82, 2.24) is 30.0 Å². The Balaban J connectivity index is 0.00000363. The highest BCUT2D eigenvalue weighted by atomic mass is 127. The number of nitrogens with zero attached hydrogens (tertiary/aromatic N) is 5. The number of aromatic nitrogens is 2. The van der Waals surface area contributed by atoms with Crippen LogP contribution in [0.4, 0.5) is 0 Å². The smallest absolute Gasteiger partial charge is 0.191 e. The van der Waals surface area contributed by atoms with Crippen molar-refractivity contribution in [2.24, 2.45) is 4.99 Å². The second-order valence-corrected chi connectivity index (χ2v) is 8.32. The maximum absolute atomic E-state index is 4.77. The van der Waals surface area contributed by atoms with Crippen LogP contribution in [-0.2, 0) is 6.54 Å². The molecule has 2 N–H and O–H groups in total. The molecule has 180 valence electrons. The maximum atomic E-state index is 4.77. The summed E-state index contributed by atoms with van der Waals surface area (Å²) in [4.78, 5) is 14.6. The Morgan fingerprint density at radius 3 is 2.47 bits per heavy atom. The van der Waals surface area contributed by atoms with Gasteiger partial charge >= 0.3 is 0 Å². The molecule has 8 heteroatoms. The normalized spacial score (nSPS) is 15.7. The van der Waals surface area contributed by atoms with Gasteiger partial charge < -0.3 is 25.0 Å². The average molecular weight is 556 g/mol. The summed E-state index contributed by atoms with van der Waals surface area (Å²) in [5, 5.41) is 6.87. The lowest BCUT2D eigenvalue weighted by atomic mass is 10.2. The molecule has 0 unspecified atom stereocenters. The van der Waals surface area contributed by atoms with Crippen molar-refractivity contribution in [2.75, 3.05) is 58.9 Å². The number of halogens is 1. The van der Waals surface area contributed by atoms with Crippen molar-refractivity contribution in [3.8, 4) is 0 Å². The first-order valence-corrected chi connectivity index (χ1v) is 12.1. The van der Waals surface area contributed by atoms with E-state index < -0.39 is 0 Å². The van der Waals surface area contributed by atoms with Crippen molar-refractivity contribution in [1.29, 1.82) is 0 Å². The summed E-state index contributed by atoms with van der Waals surface area (Å²) < 4.78 is 2.30. The van der Waals surface area contributed by atoms with Gasteiger partial charge in [-0.1, -0.05) is 19.1 Å². The Kier molecular flexibility index (Phi) is 12.3. The zero-order chi connectivity index (χ0) is 21.9. The molecule has 3 rings (SSSR count). The van der Waals surface area contributed by atoms with Gasteiger partial charge in [0.25, 0.3) is 0 Å². The SMILES string of the molecule is CCNC(=NCCCn1c(C)nc2ccccc21)NCCCCN1CCN(CC)CC1.I. The number of likely N-dealkylation sites (N-methyl/N-ethyl adjacent to an activating group) is 1. The second kappa shape index (κ2) is 14.7. The van der Waals surface area contributed by atoms with Crippen LogP contribution in [0, 0.1) is 6.92 Å². The van der Waals surface area contributed by atoms with Crippen molar-refractivity contribution < 1.29 is 0 Å². The van der Waals surface area contributed by atoms with E-state index in [0.29, 0.717) is 0 Å². The Bertz CT molecular complexity index is 812. The molecule has 1 aromatic carbocycles. The highest BCUT2D eigenvalue weighted by Gasteiger charge is 2.14. The number of para-hydroxylation sites is 2. The van der Waals surface area contributed by atoms with Gasteiger partial charge in [0.05, 0.1) is 11.0 Å². The molecule has 1 aromatic heterocycles. The van der Waals surface area contributed by atoms with Crippen molar-refractivity contribution >= 4 is 41.0 Å². The first-order valence-electron chi connectivity index (χ1n) is 12.1. The number of aliphatic imine (C=N–C) groups is 1. The quantitative estimate of drug-likeness (QED) is 0.193. The zero-order valence-electron chi connectivity index (χ0n) is 20.1. The fourth-order valence-electron chi connectivity index (χ4n) is 4.24. The number of aryl methyl sites for hydroxylation is 2. The van der Waals surface area contributed by atoms with Crippen molar-refractivity contribution in [3.63, 3.8) is 0 Å². The molecule has 0 saturated carbocycles. The molecule has 0 bridgehead atoms. The van der Waals surface area contributed by atoms with Crippen molar-refractivity contribution in [2.45, 2.75) is 46.6 Å². The highest BCUT2D eigenvalue weighted by Crippen LogP contribution is 2.15. The summed E-state index contributed by atoms with van der Waals surface area (Å²) in [6.45, 7) is 17.4. The molecule has 0 spiro atoms. The van der Waals surface area contributed by atoms with Crippen LogP contribution in [0.15, 0.2) is 29.3 Å². The van der Waals surface area contributed by atoms with Gasteiger partial charge in [-0.25, -0.2) is 4.98 Å². The van der Waals surface area contributed by atoms with Gasteiger partial charge in [0.15, 0.2) is 5.96 Å². The Morgan fingerprint density at radius 1 is 0.969 bits per heavy atom. The van der Waals surface area contributed by atoms with Crippen LogP contribution in [0.2, 0.25) is 0 Å².